The number of hydrogen-bond acceptors (Lipinski definition) is 2. The molecule has 1 aromatic rings. The summed E-state index contributed by atoms with van der Waals surface area (Å²) >= 11 is 0. The maximum absolute atomic E-state index is 12.1. The van der Waals surface area contributed by atoms with E-state index in [0.717, 1.165) is 18.4 Å². The molecule has 1 amide bonds. The van der Waals surface area contributed by atoms with Gasteiger partial charge >= 0.3 is 0 Å². The predicted octanol–water partition coefficient (Wildman–Crippen LogP) is 3.19. The monoisotopic (exact) mass is 270 g/mol. The van der Waals surface area contributed by atoms with Gasteiger partial charge in [-0.25, -0.2) is 0 Å². The normalized spacial score (nSPS) is 22.0. The molecule has 0 saturated heterocycles. The minimum Gasteiger partial charge on any atom is -0.353 e. The average molecular weight is 270 g/mol. The van der Waals surface area contributed by atoms with Gasteiger partial charge in [0.25, 0.3) is 0 Å². The Balaban J connectivity index is 1.89. The summed E-state index contributed by atoms with van der Waals surface area (Å²) in [4.78, 5) is 12.1. The van der Waals surface area contributed by atoms with Crippen molar-refractivity contribution < 1.29 is 4.79 Å². The first kappa shape index (κ1) is 14.6. The highest BCUT2D eigenvalue weighted by atomic mass is 16.1. The Kier molecular flexibility index (Phi) is 5.17. The number of hydrogen-bond donors (Lipinski definition) is 1. The van der Waals surface area contributed by atoms with Crippen molar-refractivity contribution in [3.63, 3.8) is 0 Å². The van der Waals surface area contributed by atoms with Crippen molar-refractivity contribution in [3.05, 3.63) is 35.4 Å². The van der Waals surface area contributed by atoms with Gasteiger partial charge in [0.2, 0.25) is 5.91 Å². The van der Waals surface area contributed by atoms with Crippen LogP contribution >= 0.6 is 0 Å². The predicted molar refractivity (Wildman–Crippen MR) is 79.0 cm³/mol. The molecule has 1 N–H and O–H groups in total. The summed E-state index contributed by atoms with van der Waals surface area (Å²) < 4.78 is 0. The van der Waals surface area contributed by atoms with Crippen molar-refractivity contribution in [3.8, 4) is 6.07 Å². The SMILES string of the molecule is CCC1CCCCC1NC(=O)Cc1ccc(C#N)cc1. The Morgan fingerprint density at radius 3 is 2.65 bits per heavy atom. The van der Waals surface area contributed by atoms with E-state index in [0.29, 0.717) is 23.9 Å². The molecule has 20 heavy (non-hydrogen) atoms. The van der Waals surface area contributed by atoms with Crippen LogP contribution in [0.15, 0.2) is 24.3 Å². The third-order valence-corrected chi connectivity index (χ3v) is 4.23. The van der Waals surface area contributed by atoms with Crippen LogP contribution < -0.4 is 5.32 Å². The number of nitrogens with zero attached hydrogens (tertiary/aromatic N) is 1. The summed E-state index contributed by atoms with van der Waals surface area (Å²) in [5, 5.41) is 11.9. The van der Waals surface area contributed by atoms with Crippen LogP contribution in [0.2, 0.25) is 0 Å². The lowest BCUT2D eigenvalue weighted by Gasteiger charge is -2.31. The number of carbonyl (C=O) groups is 1. The summed E-state index contributed by atoms with van der Waals surface area (Å²) in [5.74, 6) is 0.730. The highest BCUT2D eigenvalue weighted by Gasteiger charge is 2.24. The van der Waals surface area contributed by atoms with E-state index in [9.17, 15) is 4.79 Å². The third kappa shape index (κ3) is 3.84. The van der Waals surface area contributed by atoms with Crippen molar-refractivity contribution in [2.24, 2.45) is 5.92 Å². The summed E-state index contributed by atoms with van der Waals surface area (Å²) in [5.41, 5.74) is 1.60. The van der Waals surface area contributed by atoms with Crippen molar-refractivity contribution in [2.75, 3.05) is 0 Å². The fourth-order valence-electron chi connectivity index (χ4n) is 3.03. The Labute approximate surface area is 121 Å². The Hall–Kier alpha value is -1.82. The lowest BCUT2D eigenvalue weighted by atomic mass is 9.83. The van der Waals surface area contributed by atoms with Gasteiger partial charge in [-0.3, -0.25) is 4.79 Å². The number of carbonyl (C=O) groups excluding carboxylic acids is 1. The fourth-order valence-corrected chi connectivity index (χ4v) is 3.03. The molecule has 3 heteroatoms. The number of amides is 1. The van der Waals surface area contributed by atoms with E-state index >= 15 is 0 Å². The van der Waals surface area contributed by atoms with E-state index in [1.165, 1.54) is 19.3 Å². The minimum atomic E-state index is 0.0973. The zero-order chi connectivity index (χ0) is 14.4. The second-order valence-electron chi connectivity index (χ2n) is 5.61. The molecule has 106 valence electrons. The van der Waals surface area contributed by atoms with E-state index < -0.39 is 0 Å². The number of benzene rings is 1. The van der Waals surface area contributed by atoms with Gasteiger partial charge in [-0.2, -0.15) is 5.26 Å². The van der Waals surface area contributed by atoms with Crippen molar-refractivity contribution in [1.29, 1.82) is 5.26 Å². The van der Waals surface area contributed by atoms with E-state index in [2.05, 4.69) is 18.3 Å². The molecule has 1 aliphatic carbocycles. The smallest absolute Gasteiger partial charge is 0.224 e. The molecule has 1 saturated carbocycles. The molecule has 2 unspecified atom stereocenters. The van der Waals surface area contributed by atoms with Gasteiger partial charge in [0.05, 0.1) is 18.1 Å². The maximum Gasteiger partial charge on any atom is 0.224 e. The van der Waals surface area contributed by atoms with Crippen molar-refractivity contribution in [1.82, 2.24) is 5.32 Å². The molecule has 0 aliphatic heterocycles. The summed E-state index contributed by atoms with van der Waals surface area (Å²) in [6.45, 7) is 2.20. The summed E-state index contributed by atoms with van der Waals surface area (Å²) in [6.07, 6.45) is 6.40. The molecular formula is C17H22N2O. The van der Waals surface area contributed by atoms with Crippen molar-refractivity contribution in [2.45, 2.75) is 51.5 Å². The first-order valence-electron chi connectivity index (χ1n) is 7.51. The van der Waals surface area contributed by atoms with Gasteiger partial charge < -0.3 is 5.32 Å². The zero-order valence-corrected chi connectivity index (χ0v) is 12.1. The van der Waals surface area contributed by atoms with Gasteiger partial charge in [-0.05, 0) is 36.5 Å². The molecule has 1 fully saturated rings. The molecule has 0 heterocycles. The molecule has 1 aromatic carbocycles. The number of nitriles is 1. The Morgan fingerprint density at radius 2 is 2.00 bits per heavy atom. The third-order valence-electron chi connectivity index (χ3n) is 4.23. The van der Waals surface area contributed by atoms with E-state index in [4.69, 9.17) is 5.26 Å². The highest BCUT2D eigenvalue weighted by molar-refractivity contribution is 5.78. The van der Waals surface area contributed by atoms with Gasteiger partial charge in [-0.15, -0.1) is 0 Å². The molecular weight excluding hydrogens is 248 g/mol. The second-order valence-corrected chi connectivity index (χ2v) is 5.61. The molecule has 2 atom stereocenters. The number of nitrogens with one attached hydrogen (secondary N) is 1. The average Bonchev–Trinajstić information content (AvgIpc) is 2.48. The summed E-state index contributed by atoms with van der Waals surface area (Å²) in [7, 11) is 0. The van der Waals surface area contributed by atoms with Gasteiger partial charge in [0.1, 0.15) is 0 Å². The van der Waals surface area contributed by atoms with Crippen LogP contribution in [0.1, 0.15) is 50.2 Å². The quantitative estimate of drug-likeness (QED) is 0.913. The maximum atomic E-state index is 12.1. The van der Waals surface area contributed by atoms with Crippen LogP contribution in [0, 0.1) is 17.2 Å². The first-order chi connectivity index (χ1) is 9.72. The minimum absolute atomic E-state index is 0.0973. The largest absolute Gasteiger partial charge is 0.353 e. The van der Waals surface area contributed by atoms with Crippen LogP contribution in [0.25, 0.3) is 0 Å². The van der Waals surface area contributed by atoms with Gasteiger partial charge in [0.15, 0.2) is 0 Å². The second kappa shape index (κ2) is 7.09. The van der Waals surface area contributed by atoms with Crippen LogP contribution in [0.4, 0.5) is 0 Å². The van der Waals surface area contributed by atoms with Crippen LogP contribution in [-0.2, 0) is 11.2 Å². The Morgan fingerprint density at radius 1 is 1.30 bits per heavy atom. The molecule has 3 nitrogen and oxygen atoms in total. The standard InChI is InChI=1S/C17H22N2O/c1-2-15-5-3-4-6-16(15)19-17(20)11-13-7-9-14(12-18)10-8-13/h7-10,15-16H,2-6,11H2,1H3,(H,19,20). The van der Waals surface area contributed by atoms with Crippen LogP contribution in [0.5, 0.6) is 0 Å². The molecule has 0 spiro atoms. The highest BCUT2D eigenvalue weighted by Crippen LogP contribution is 2.26. The molecule has 2 rings (SSSR count). The van der Waals surface area contributed by atoms with Crippen molar-refractivity contribution >= 4 is 5.91 Å². The van der Waals surface area contributed by atoms with Gasteiger partial charge in [-0.1, -0.05) is 38.3 Å². The first-order valence-corrected chi connectivity index (χ1v) is 7.51. The lowest BCUT2D eigenvalue weighted by Crippen LogP contribution is -2.42. The zero-order valence-electron chi connectivity index (χ0n) is 12.1. The number of rotatable bonds is 4. The van der Waals surface area contributed by atoms with E-state index in [1.54, 1.807) is 12.1 Å². The van der Waals surface area contributed by atoms with Crippen LogP contribution in [-0.4, -0.2) is 11.9 Å². The van der Waals surface area contributed by atoms with Crippen LogP contribution in [0.3, 0.4) is 0 Å². The fraction of sp³-hybridized carbons (Fsp3) is 0.529. The molecule has 0 radical (unpaired) electrons. The Bertz CT molecular complexity index is 487. The molecule has 0 aromatic heterocycles. The van der Waals surface area contributed by atoms with E-state index in [-0.39, 0.29) is 5.91 Å². The lowest BCUT2D eigenvalue weighted by molar-refractivity contribution is -0.121. The van der Waals surface area contributed by atoms with E-state index in [1.807, 2.05) is 12.1 Å². The summed E-state index contributed by atoms with van der Waals surface area (Å²) in [6, 6.07) is 9.67. The van der Waals surface area contributed by atoms with Gasteiger partial charge in [0, 0.05) is 6.04 Å². The molecule has 0 bridgehead atoms. The topological polar surface area (TPSA) is 52.9 Å². The molecule has 1 aliphatic rings.